The molecule has 6 heterocycles. The van der Waals surface area contributed by atoms with E-state index < -0.39 is 0 Å². The van der Waals surface area contributed by atoms with Gasteiger partial charge in [-0.05, 0) is 69.2 Å². The molecule has 3 fully saturated rings. The lowest BCUT2D eigenvalue weighted by molar-refractivity contribution is -0.0458. The molecule has 0 radical (unpaired) electrons. The lowest BCUT2D eigenvalue weighted by Gasteiger charge is -2.43. The molecule has 15 heteroatoms. The molecule has 15 nitrogen and oxygen atoms in total. The van der Waals surface area contributed by atoms with Crippen LogP contribution in [0.4, 0.5) is 11.6 Å². The molecule has 0 unspecified atom stereocenters. The smallest absolute Gasteiger partial charge is 0.257 e. The topological polar surface area (TPSA) is 159 Å². The van der Waals surface area contributed by atoms with Gasteiger partial charge in [-0.2, -0.15) is 15.5 Å². The summed E-state index contributed by atoms with van der Waals surface area (Å²) in [6.45, 7) is 5.20. The lowest BCUT2D eigenvalue weighted by atomic mass is 9.89. The van der Waals surface area contributed by atoms with Gasteiger partial charge in [-0.1, -0.05) is 6.07 Å². The van der Waals surface area contributed by atoms with Gasteiger partial charge in [0.25, 0.3) is 5.88 Å². The largest absolute Gasteiger partial charge is 0.487 e. The molecule has 51 heavy (non-hydrogen) atoms. The summed E-state index contributed by atoms with van der Waals surface area (Å²) in [5.41, 5.74) is 2.78. The van der Waals surface area contributed by atoms with Crippen molar-refractivity contribution in [2.45, 2.75) is 88.8 Å². The Kier molecular flexibility index (Phi) is 9.58. The normalized spacial score (nSPS) is 22.4. The fourth-order valence-electron chi connectivity index (χ4n) is 7.70. The zero-order valence-corrected chi connectivity index (χ0v) is 28.7. The van der Waals surface area contributed by atoms with Crippen molar-refractivity contribution < 1.29 is 14.2 Å². The van der Waals surface area contributed by atoms with E-state index in [1.54, 1.807) is 35.7 Å². The Balaban J connectivity index is 0.956. The van der Waals surface area contributed by atoms with Crippen LogP contribution in [0.3, 0.4) is 0 Å². The van der Waals surface area contributed by atoms with Crippen LogP contribution in [-0.2, 0) is 17.8 Å². The number of nitriles is 1. The van der Waals surface area contributed by atoms with Gasteiger partial charge in [0.1, 0.15) is 42.9 Å². The third-order valence-electron chi connectivity index (χ3n) is 10.1. The Hall–Kier alpha value is -5.33. The molecular weight excluding hydrogens is 648 g/mol. The zero-order valence-electron chi connectivity index (χ0n) is 28.7. The highest BCUT2D eigenvalue weighted by Crippen LogP contribution is 2.39. The maximum absolute atomic E-state index is 9.70. The van der Waals surface area contributed by atoms with Gasteiger partial charge in [-0.15, -0.1) is 5.10 Å². The Labute approximate surface area is 296 Å². The second kappa shape index (κ2) is 14.9. The zero-order chi connectivity index (χ0) is 34.6. The van der Waals surface area contributed by atoms with Crippen molar-refractivity contribution in [1.29, 1.82) is 5.26 Å². The molecule has 8 rings (SSSR count). The maximum atomic E-state index is 9.70. The molecule has 5 aromatic rings. The van der Waals surface area contributed by atoms with E-state index in [2.05, 4.69) is 46.1 Å². The highest BCUT2D eigenvalue weighted by Gasteiger charge is 2.42. The first-order valence-electron chi connectivity index (χ1n) is 17.8. The minimum atomic E-state index is -0.233. The second-order valence-corrected chi connectivity index (χ2v) is 13.6. The van der Waals surface area contributed by atoms with Crippen molar-refractivity contribution in [2.24, 2.45) is 0 Å². The summed E-state index contributed by atoms with van der Waals surface area (Å²) in [5.74, 6) is 1.42. The molecule has 1 aromatic carbocycles. The van der Waals surface area contributed by atoms with Crippen LogP contribution < -0.4 is 14.8 Å². The molecule has 0 amide bonds. The van der Waals surface area contributed by atoms with Gasteiger partial charge in [0.05, 0.1) is 44.1 Å². The van der Waals surface area contributed by atoms with Crippen LogP contribution in [0.25, 0.3) is 11.1 Å². The summed E-state index contributed by atoms with van der Waals surface area (Å²) in [6.07, 6.45) is 19.0. The van der Waals surface area contributed by atoms with Crippen LogP contribution in [0.2, 0.25) is 0 Å². The molecule has 2 aliphatic heterocycles. The molecule has 4 aromatic heterocycles. The molecule has 2 saturated heterocycles. The second-order valence-electron chi connectivity index (χ2n) is 13.6. The van der Waals surface area contributed by atoms with E-state index in [4.69, 9.17) is 19.3 Å². The molecule has 3 aliphatic rings. The molecule has 1 saturated carbocycles. The first-order valence-corrected chi connectivity index (χ1v) is 17.8. The van der Waals surface area contributed by atoms with Crippen LogP contribution in [0, 0.1) is 11.3 Å². The summed E-state index contributed by atoms with van der Waals surface area (Å²) in [5, 5.41) is 26.4. The number of aromatic nitrogens is 9. The van der Waals surface area contributed by atoms with Gasteiger partial charge < -0.3 is 19.5 Å². The van der Waals surface area contributed by atoms with E-state index in [1.165, 1.54) is 19.2 Å². The van der Waals surface area contributed by atoms with Crippen molar-refractivity contribution >= 4 is 11.6 Å². The fourth-order valence-corrected chi connectivity index (χ4v) is 7.70. The summed E-state index contributed by atoms with van der Waals surface area (Å²) in [4.78, 5) is 16.0. The number of nitrogens with zero attached hydrogens (tertiary/aromatic N) is 11. The van der Waals surface area contributed by atoms with Crippen LogP contribution in [0.15, 0.2) is 67.9 Å². The number of rotatable bonds is 13. The van der Waals surface area contributed by atoms with Crippen molar-refractivity contribution in [2.75, 3.05) is 25.1 Å². The molecule has 2 bridgehead atoms. The first kappa shape index (κ1) is 32.9. The van der Waals surface area contributed by atoms with E-state index in [9.17, 15) is 5.26 Å². The average Bonchev–Trinajstić information content (AvgIpc) is 3.98. The SMILES string of the molecule is C[C@@H](Cn1cncn1)Oc1cc(-c2cnc(Nc3cn(C4CCC(N5[C@@H]6CC[C@H]5COC6)CC4)nc3OCCn3cccn3)nc2)ccc1C#N. The minimum absolute atomic E-state index is 0.233. The van der Waals surface area contributed by atoms with Crippen LogP contribution in [0.5, 0.6) is 11.6 Å². The van der Waals surface area contributed by atoms with Gasteiger partial charge in [0, 0.05) is 48.5 Å². The summed E-state index contributed by atoms with van der Waals surface area (Å²) in [7, 11) is 0. The molecule has 264 valence electrons. The van der Waals surface area contributed by atoms with Crippen molar-refractivity contribution in [3.05, 3.63) is 73.5 Å². The highest BCUT2D eigenvalue weighted by molar-refractivity contribution is 5.67. The van der Waals surface area contributed by atoms with E-state index >= 15 is 0 Å². The summed E-state index contributed by atoms with van der Waals surface area (Å²) < 4.78 is 23.8. The number of fused-ring (bicyclic) bond motifs is 2. The number of anilines is 2. The molecule has 3 atom stereocenters. The van der Waals surface area contributed by atoms with Crippen molar-refractivity contribution in [3.63, 3.8) is 0 Å². The Morgan fingerprint density at radius 1 is 0.980 bits per heavy atom. The Morgan fingerprint density at radius 2 is 1.76 bits per heavy atom. The molecule has 0 spiro atoms. The third kappa shape index (κ3) is 7.42. The molecule has 1 aliphatic carbocycles. The number of morpholine rings is 1. The predicted octanol–water partition coefficient (Wildman–Crippen LogP) is 4.64. The number of nitrogens with one attached hydrogen (secondary N) is 1. The van der Waals surface area contributed by atoms with Crippen LogP contribution in [0.1, 0.15) is 57.1 Å². The number of ether oxygens (including phenoxy) is 3. The van der Waals surface area contributed by atoms with E-state index in [-0.39, 0.29) is 6.10 Å². The molecular formula is C36H42N12O3. The van der Waals surface area contributed by atoms with Crippen molar-refractivity contribution in [1.82, 2.24) is 49.2 Å². The highest BCUT2D eigenvalue weighted by atomic mass is 16.5. The van der Waals surface area contributed by atoms with Crippen LogP contribution >= 0.6 is 0 Å². The van der Waals surface area contributed by atoms with Gasteiger partial charge in [-0.3, -0.25) is 14.3 Å². The predicted molar refractivity (Wildman–Crippen MR) is 186 cm³/mol. The Morgan fingerprint density at radius 3 is 2.49 bits per heavy atom. The van der Waals surface area contributed by atoms with Gasteiger partial charge >= 0.3 is 0 Å². The average molecular weight is 691 g/mol. The Bertz CT molecular complexity index is 1900. The minimum Gasteiger partial charge on any atom is -0.487 e. The standard InChI is InChI=1S/C36H42N12O3/c1-25(19-46-24-38-23-42-46)51-34-15-26(3-4-27(34)16-37)28-17-39-36(40-18-28)43-33-20-47(44-35(33)50-14-13-45-12-2-11-41-45)29-5-7-30(8-6-29)48-31-9-10-32(48)22-49-21-31/h2-4,11-12,15,17-18,20,23-25,29-32H,5-10,13-14,19,21-22H2,1H3,(H,39,40,43)/t25-,29?,30?,31-,32+/m0/s1. The van der Waals surface area contributed by atoms with E-state index in [1.807, 2.05) is 42.2 Å². The van der Waals surface area contributed by atoms with Gasteiger partial charge in [0.2, 0.25) is 5.95 Å². The van der Waals surface area contributed by atoms with Gasteiger partial charge in [-0.25, -0.2) is 19.6 Å². The molecule has 1 N–H and O–H groups in total. The van der Waals surface area contributed by atoms with Crippen LogP contribution in [-0.4, -0.2) is 93.2 Å². The van der Waals surface area contributed by atoms with E-state index in [0.717, 1.165) is 50.0 Å². The quantitative estimate of drug-likeness (QED) is 0.183. The summed E-state index contributed by atoms with van der Waals surface area (Å²) >= 11 is 0. The van der Waals surface area contributed by atoms with Gasteiger partial charge in [0.15, 0.2) is 0 Å². The lowest BCUT2D eigenvalue weighted by Crippen LogP contribution is -2.52. The number of benzene rings is 1. The van der Waals surface area contributed by atoms with E-state index in [0.29, 0.717) is 72.7 Å². The number of hydrogen-bond donors (Lipinski definition) is 1. The fraction of sp³-hybridized carbons (Fsp3) is 0.472. The van der Waals surface area contributed by atoms with Crippen molar-refractivity contribution in [3.8, 4) is 28.8 Å². The summed E-state index contributed by atoms with van der Waals surface area (Å²) in [6, 6.07) is 11.7. The monoisotopic (exact) mass is 690 g/mol. The maximum Gasteiger partial charge on any atom is 0.257 e. The number of hydrogen-bond acceptors (Lipinski definition) is 12. The first-order chi connectivity index (χ1) is 25.1. The third-order valence-corrected chi connectivity index (χ3v) is 10.1.